The standard InChI is InChI=1S/C21H20BrFN8O3S/c1-2-33-17(32)11-31-28-18(27-29-31)20-25-15-10-24-21(26-19(15)35-20)30-7-5-13(6-8-30)34-16-9-12(23)3-4-14(16)22/h3-4,9-10,13H,2,5-8,11H2,1H3. The molecule has 0 bridgehead atoms. The summed E-state index contributed by atoms with van der Waals surface area (Å²) in [7, 11) is 0. The van der Waals surface area contributed by atoms with Gasteiger partial charge in [0.05, 0.1) is 17.3 Å². The van der Waals surface area contributed by atoms with Crippen molar-refractivity contribution in [3.63, 3.8) is 0 Å². The number of thiazole rings is 1. The van der Waals surface area contributed by atoms with E-state index in [1.54, 1.807) is 19.2 Å². The molecule has 1 fully saturated rings. The molecule has 0 amide bonds. The average Bonchev–Trinajstić information content (AvgIpc) is 3.48. The summed E-state index contributed by atoms with van der Waals surface area (Å²) in [6, 6.07) is 4.42. The number of esters is 1. The molecule has 0 spiro atoms. The van der Waals surface area contributed by atoms with Crippen LogP contribution in [0.2, 0.25) is 0 Å². The van der Waals surface area contributed by atoms with E-state index in [1.807, 2.05) is 0 Å². The molecule has 0 unspecified atom stereocenters. The Kier molecular flexibility index (Phi) is 6.81. The molecule has 1 aliphatic heterocycles. The van der Waals surface area contributed by atoms with Crippen LogP contribution in [0.1, 0.15) is 19.8 Å². The number of rotatable bonds is 7. The number of anilines is 1. The summed E-state index contributed by atoms with van der Waals surface area (Å²) < 4.78 is 25.2. The minimum absolute atomic E-state index is 0.0219. The highest BCUT2D eigenvalue weighted by Crippen LogP contribution is 2.30. The van der Waals surface area contributed by atoms with Crippen molar-refractivity contribution in [2.45, 2.75) is 32.4 Å². The fourth-order valence-electron chi connectivity index (χ4n) is 3.61. The number of piperidine rings is 1. The molecule has 0 radical (unpaired) electrons. The van der Waals surface area contributed by atoms with Gasteiger partial charge in [0, 0.05) is 32.0 Å². The molecular weight excluding hydrogens is 543 g/mol. The Balaban J connectivity index is 1.24. The number of benzene rings is 1. The van der Waals surface area contributed by atoms with Crippen LogP contribution in [0.5, 0.6) is 5.75 Å². The fraction of sp³-hybridized carbons (Fsp3) is 0.381. The van der Waals surface area contributed by atoms with Gasteiger partial charge in [-0.1, -0.05) is 11.3 Å². The second kappa shape index (κ2) is 10.2. The van der Waals surface area contributed by atoms with Gasteiger partial charge in [0.1, 0.15) is 28.0 Å². The highest BCUT2D eigenvalue weighted by molar-refractivity contribution is 9.10. The molecule has 1 aliphatic rings. The van der Waals surface area contributed by atoms with E-state index in [4.69, 9.17) is 9.47 Å². The topological polar surface area (TPSA) is 121 Å². The predicted molar refractivity (Wildman–Crippen MR) is 129 cm³/mol. The average molecular weight is 563 g/mol. The molecule has 4 heterocycles. The maximum absolute atomic E-state index is 13.5. The third-order valence-corrected chi connectivity index (χ3v) is 6.89. The van der Waals surface area contributed by atoms with Gasteiger partial charge < -0.3 is 14.4 Å². The lowest BCUT2D eigenvalue weighted by atomic mass is 10.1. The Hall–Kier alpha value is -3.26. The molecule has 35 heavy (non-hydrogen) atoms. The van der Waals surface area contributed by atoms with Crippen molar-refractivity contribution >= 4 is 49.5 Å². The molecule has 4 aromatic rings. The summed E-state index contributed by atoms with van der Waals surface area (Å²) >= 11 is 4.73. The monoisotopic (exact) mass is 562 g/mol. The summed E-state index contributed by atoms with van der Waals surface area (Å²) in [5, 5.41) is 12.6. The van der Waals surface area contributed by atoms with Crippen LogP contribution in [0.4, 0.5) is 10.3 Å². The van der Waals surface area contributed by atoms with Crippen LogP contribution in [0, 0.1) is 5.82 Å². The lowest BCUT2D eigenvalue weighted by Crippen LogP contribution is -2.39. The van der Waals surface area contributed by atoms with Crippen molar-refractivity contribution in [2.24, 2.45) is 0 Å². The first-order chi connectivity index (χ1) is 17.0. The molecule has 1 aromatic carbocycles. The van der Waals surface area contributed by atoms with Crippen LogP contribution in [0.25, 0.3) is 21.2 Å². The minimum atomic E-state index is -0.436. The van der Waals surface area contributed by atoms with Crippen LogP contribution < -0.4 is 9.64 Å². The third-order valence-electron chi connectivity index (χ3n) is 5.27. The lowest BCUT2D eigenvalue weighted by molar-refractivity contribution is -0.144. The van der Waals surface area contributed by atoms with E-state index in [0.29, 0.717) is 46.0 Å². The van der Waals surface area contributed by atoms with E-state index < -0.39 is 5.97 Å². The Morgan fingerprint density at radius 2 is 2.11 bits per heavy atom. The van der Waals surface area contributed by atoms with Gasteiger partial charge in [-0.05, 0) is 40.2 Å². The first-order valence-electron chi connectivity index (χ1n) is 10.9. The van der Waals surface area contributed by atoms with Crippen LogP contribution in [0.3, 0.4) is 0 Å². The number of tetrazole rings is 1. The zero-order valence-corrected chi connectivity index (χ0v) is 21.0. The molecule has 182 valence electrons. The quantitative estimate of drug-likeness (QED) is 0.310. The molecular formula is C21H20BrFN8O3S. The first kappa shape index (κ1) is 23.5. The highest BCUT2D eigenvalue weighted by Gasteiger charge is 2.24. The molecule has 0 atom stereocenters. The fourth-order valence-corrected chi connectivity index (χ4v) is 4.78. The summed E-state index contributed by atoms with van der Waals surface area (Å²) in [5.41, 5.74) is 0.629. The summed E-state index contributed by atoms with van der Waals surface area (Å²) in [6.45, 7) is 3.31. The van der Waals surface area contributed by atoms with Gasteiger partial charge >= 0.3 is 5.97 Å². The number of carbonyl (C=O) groups is 1. The second-order valence-corrected chi connectivity index (χ2v) is 9.54. The first-order valence-corrected chi connectivity index (χ1v) is 12.5. The Bertz CT molecular complexity index is 1360. The number of ether oxygens (including phenoxy) is 2. The zero-order chi connectivity index (χ0) is 24.4. The number of halogens is 2. The van der Waals surface area contributed by atoms with Crippen LogP contribution in [-0.4, -0.2) is 66.9 Å². The van der Waals surface area contributed by atoms with Crippen LogP contribution in [-0.2, 0) is 16.1 Å². The van der Waals surface area contributed by atoms with E-state index in [-0.39, 0.29) is 25.1 Å². The molecule has 0 aliphatic carbocycles. The third kappa shape index (κ3) is 5.37. The molecule has 3 aromatic heterocycles. The normalized spacial score (nSPS) is 14.4. The van der Waals surface area contributed by atoms with Gasteiger partial charge in [0.15, 0.2) is 11.6 Å². The summed E-state index contributed by atoms with van der Waals surface area (Å²) in [6.07, 6.45) is 3.16. The SMILES string of the molecule is CCOC(=O)Cn1nnc(-c2nc3cnc(N4CCC(Oc5cc(F)ccc5Br)CC4)nc3s2)n1. The summed E-state index contributed by atoms with van der Waals surface area (Å²) in [4.78, 5) is 29.2. The maximum atomic E-state index is 13.5. The van der Waals surface area contributed by atoms with E-state index >= 15 is 0 Å². The largest absolute Gasteiger partial charge is 0.489 e. The van der Waals surface area contributed by atoms with Gasteiger partial charge in [-0.2, -0.15) is 4.80 Å². The minimum Gasteiger partial charge on any atom is -0.489 e. The van der Waals surface area contributed by atoms with E-state index in [9.17, 15) is 9.18 Å². The molecule has 0 N–H and O–H groups in total. The molecule has 5 rings (SSSR count). The molecule has 1 saturated heterocycles. The number of nitrogens with zero attached hydrogens (tertiary/aromatic N) is 8. The van der Waals surface area contributed by atoms with Crippen molar-refractivity contribution in [1.82, 2.24) is 35.2 Å². The van der Waals surface area contributed by atoms with Gasteiger partial charge in [0.25, 0.3) is 0 Å². The van der Waals surface area contributed by atoms with Crippen molar-refractivity contribution in [3.05, 3.63) is 34.7 Å². The van der Waals surface area contributed by atoms with Gasteiger partial charge in [-0.3, -0.25) is 0 Å². The van der Waals surface area contributed by atoms with Crippen molar-refractivity contribution in [3.8, 4) is 16.6 Å². The smallest absolute Gasteiger partial charge is 0.329 e. The predicted octanol–water partition coefficient (Wildman–Crippen LogP) is 3.25. The Labute approximate surface area is 211 Å². The van der Waals surface area contributed by atoms with Crippen molar-refractivity contribution < 1.29 is 18.7 Å². The van der Waals surface area contributed by atoms with Gasteiger partial charge in [-0.15, -0.1) is 10.2 Å². The highest BCUT2D eigenvalue weighted by atomic mass is 79.9. The van der Waals surface area contributed by atoms with Gasteiger partial charge in [-0.25, -0.2) is 24.1 Å². The molecule has 0 saturated carbocycles. The molecule has 11 nitrogen and oxygen atoms in total. The zero-order valence-electron chi connectivity index (χ0n) is 18.6. The summed E-state index contributed by atoms with van der Waals surface area (Å²) in [5.74, 6) is 0.653. The number of hydrogen-bond donors (Lipinski definition) is 0. The Morgan fingerprint density at radius 1 is 1.29 bits per heavy atom. The Morgan fingerprint density at radius 3 is 2.91 bits per heavy atom. The lowest BCUT2D eigenvalue weighted by Gasteiger charge is -2.32. The van der Waals surface area contributed by atoms with E-state index in [1.165, 1.54) is 28.3 Å². The number of aromatic nitrogens is 7. The number of hydrogen-bond acceptors (Lipinski definition) is 11. The molecule has 14 heteroatoms. The van der Waals surface area contributed by atoms with Crippen molar-refractivity contribution in [1.29, 1.82) is 0 Å². The van der Waals surface area contributed by atoms with Crippen LogP contribution in [0.15, 0.2) is 28.9 Å². The second-order valence-electron chi connectivity index (χ2n) is 7.71. The van der Waals surface area contributed by atoms with E-state index in [2.05, 4.69) is 51.2 Å². The van der Waals surface area contributed by atoms with Crippen LogP contribution >= 0.6 is 27.3 Å². The van der Waals surface area contributed by atoms with Crippen molar-refractivity contribution in [2.75, 3.05) is 24.6 Å². The van der Waals surface area contributed by atoms with E-state index in [0.717, 1.165) is 17.3 Å². The maximum Gasteiger partial charge on any atom is 0.329 e. The number of fused-ring (bicyclic) bond motifs is 1. The number of carbonyl (C=O) groups excluding carboxylic acids is 1. The van der Waals surface area contributed by atoms with Gasteiger partial charge in [0.2, 0.25) is 11.8 Å².